The Bertz CT molecular complexity index is 1420. The zero-order chi connectivity index (χ0) is 25.2. The monoisotopic (exact) mass is 546 g/mol. The van der Waals surface area contributed by atoms with Gasteiger partial charge in [-0.05, 0) is 73.1 Å². The number of pyridine rings is 4. The van der Waals surface area contributed by atoms with Crippen molar-refractivity contribution in [3.8, 4) is 11.4 Å². The SMILES string of the molecule is Cc1ncc(C(=O)NCc2cc3nc(-c4cccc(N5C[C@@H](C)O[C@@H](C)C5)n4)ccc3cn2)cc1Br. The molecule has 0 saturated carbocycles. The van der Waals surface area contributed by atoms with Gasteiger partial charge in [-0.3, -0.25) is 14.8 Å². The maximum absolute atomic E-state index is 12.6. The van der Waals surface area contributed by atoms with E-state index in [1.165, 1.54) is 0 Å². The molecule has 1 N–H and O–H groups in total. The standard InChI is InChI=1S/C27H27BrN6O2/c1-16-14-34(15-17(2)36-16)26-6-4-5-23(33-26)24-8-7-19-11-30-21(10-25(19)32-24)13-31-27(35)20-9-22(28)18(3)29-12-20/h4-12,16-17H,13-15H2,1-3H3,(H,31,35)/t16-,17+. The molecule has 36 heavy (non-hydrogen) atoms. The van der Waals surface area contributed by atoms with E-state index in [4.69, 9.17) is 14.7 Å². The molecule has 5 heterocycles. The molecule has 8 nitrogen and oxygen atoms in total. The van der Waals surface area contributed by atoms with E-state index < -0.39 is 0 Å². The second-order valence-electron chi connectivity index (χ2n) is 9.08. The van der Waals surface area contributed by atoms with Crippen LogP contribution in [-0.2, 0) is 11.3 Å². The average Bonchev–Trinajstić information content (AvgIpc) is 2.88. The van der Waals surface area contributed by atoms with Gasteiger partial charge in [-0.2, -0.15) is 0 Å². The van der Waals surface area contributed by atoms with Crippen molar-refractivity contribution in [2.24, 2.45) is 0 Å². The van der Waals surface area contributed by atoms with Crippen LogP contribution in [0, 0.1) is 6.92 Å². The van der Waals surface area contributed by atoms with Gasteiger partial charge in [0.1, 0.15) is 5.82 Å². The first-order valence-corrected chi connectivity index (χ1v) is 12.7. The molecular weight excluding hydrogens is 520 g/mol. The summed E-state index contributed by atoms with van der Waals surface area (Å²) in [5.74, 6) is 0.714. The number of amides is 1. The Morgan fingerprint density at radius 3 is 2.61 bits per heavy atom. The van der Waals surface area contributed by atoms with E-state index >= 15 is 0 Å². The Morgan fingerprint density at radius 1 is 1.06 bits per heavy atom. The number of rotatable bonds is 5. The van der Waals surface area contributed by atoms with Crippen molar-refractivity contribution in [1.82, 2.24) is 25.3 Å². The number of carbonyl (C=O) groups is 1. The molecule has 2 atom stereocenters. The summed E-state index contributed by atoms with van der Waals surface area (Å²) in [6.07, 6.45) is 3.66. The summed E-state index contributed by atoms with van der Waals surface area (Å²) in [7, 11) is 0. The lowest BCUT2D eigenvalue weighted by atomic mass is 10.1. The Kier molecular flexibility index (Phi) is 6.93. The highest BCUT2D eigenvalue weighted by atomic mass is 79.9. The number of anilines is 1. The Balaban J connectivity index is 1.34. The predicted molar refractivity (Wildman–Crippen MR) is 143 cm³/mol. The van der Waals surface area contributed by atoms with E-state index in [0.29, 0.717) is 5.56 Å². The lowest BCUT2D eigenvalue weighted by Gasteiger charge is -2.36. The maximum Gasteiger partial charge on any atom is 0.253 e. The van der Waals surface area contributed by atoms with Crippen molar-refractivity contribution in [2.75, 3.05) is 18.0 Å². The molecule has 1 aliphatic heterocycles. The lowest BCUT2D eigenvalue weighted by Crippen LogP contribution is -2.45. The van der Waals surface area contributed by atoms with Crippen LogP contribution >= 0.6 is 15.9 Å². The van der Waals surface area contributed by atoms with Crippen molar-refractivity contribution in [3.05, 3.63) is 76.3 Å². The molecule has 0 bridgehead atoms. The highest BCUT2D eigenvalue weighted by Gasteiger charge is 2.23. The molecule has 0 unspecified atom stereocenters. The number of aromatic nitrogens is 4. The van der Waals surface area contributed by atoms with Crippen molar-refractivity contribution in [2.45, 2.75) is 39.5 Å². The fourth-order valence-electron chi connectivity index (χ4n) is 4.31. The molecule has 184 valence electrons. The van der Waals surface area contributed by atoms with E-state index in [1.54, 1.807) is 18.5 Å². The van der Waals surface area contributed by atoms with Gasteiger partial charge >= 0.3 is 0 Å². The predicted octanol–water partition coefficient (Wildman–Crippen LogP) is 4.70. The number of hydrogen-bond acceptors (Lipinski definition) is 7. The fourth-order valence-corrected chi connectivity index (χ4v) is 4.66. The highest BCUT2D eigenvalue weighted by Crippen LogP contribution is 2.24. The number of nitrogens with zero attached hydrogens (tertiary/aromatic N) is 5. The van der Waals surface area contributed by atoms with Gasteiger partial charge in [-0.1, -0.05) is 6.07 Å². The van der Waals surface area contributed by atoms with E-state index in [0.717, 1.165) is 57.1 Å². The first-order chi connectivity index (χ1) is 17.4. The molecule has 9 heteroatoms. The Labute approximate surface area is 218 Å². The van der Waals surface area contributed by atoms with E-state index in [1.807, 2.05) is 43.3 Å². The average molecular weight is 547 g/mol. The minimum absolute atomic E-state index is 0.160. The van der Waals surface area contributed by atoms with E-state index in [-0.39, 0.29) is 24.7 Å². The highest BCUT2D eigenvalue weighted by molar-refractivity contribution is 9.10. The van der Waals surface area contributed by atoms with Crippen molar-refractivity contribution in [1.29, 1.82) is 0 Å². The van der Waals surface area contributed by atoms with Gasteiger partial charge in [-0.25, -0.2) is 9.97 Å². The third kappa shape index (κ3) is 5.37. The van der Waals surface area contributed by atoms with Gasteiger partial charge in [0.05, 0.1) is 52.6 Å². The van der Waals surface area contributed by atoms with Crippen molar-refractivity contribution in [3.63, 3.8) is 0 Å². The number of ether oxygens (including phenoxy) is 1. The van der Waals surface area contributed by atoms with Crippen molar-refractivity contribution >= 4 is 38.6 Å². The van der Waals surface area contributed by atoms with Gasteiger partial charge in [0.25, 0.3) is 5.91 Å². The number of hydrogen-bond donors (Lipinski definition) is 1. The van der Waals surface area contributed by atoms with Crippen LogP contribution in [0.4, 0.5) is 5.82 Å². The van der Waals surface area contributed by atoms with Crippen molar-refractivity contribution < 1.29 is 9.53 Å². The summed E-state index contributed by atoms with van der Waals surface area (Å²) < 4.78 is 6.66. The summed E-state index contributed by atoms with van der Waals surface area (Å²) in [5, 5.41) is 3.83. The topological polar surface area (TPSA) is 93.1 Å². The lowest BCUT2D eigenvalue weighted by molar-refractivity contribution is -0.00545. The Hall–Kier alpha value is -3.43. The zero-order valence-corrected chi connectivity index (χ0v) is 22.0. The second-order valence-corrected chi connectivity index (χ2v) is 9.94. The number of fused-ring (bicyclic) bond motifs is 1. The molecule has 1 amide bonds. The molecule has 4 aromatic rings. The summed E-state index contributed by atoms with van der Waals surface area (Å²) in [4.78, 5) is 33.3. The second kappa shape index (κ2) is 10.3. The van der Waals surface area contributed by atoms with Crippen LogP contribution in [0.3, 0.4) is 0 Å². The van der Waals surface area contributed by atoms with Crippen LogP contribution in [0.5, 0.6) is 0 Å². The normalized spacial score (nSPS) is 17.8. The fraction of sp³-hybridized carbons (Fsp3) is 0.296. The van der Waals surface area contributed by atoms with Gasteiger partial charge in [-0.15, -0.1) is 0 Å². The quantitative estimate of drug-likeness (QED) is 0.387. The minimum atomic E-state index is -0.209. The number of nitrogens with one attached hydrogen (secondary N) is 1. The largest absolute Gasteiger partial charge is 0.372 e. The molecule has 1 fully saturated rings. The molecule has 1 saturated heterocycles. The van der Waals surface area contributed by atoms with Crippen LogP contribution < -0.4 is 10.2 Å². The molecule has 4 aromatic heterocycles. The molecule has 1 aliphatic rings. The number of morpholine rings is 1. The Morgan fingerprint density at radius 2 is 1.83 bits per heavy atom. The van der Waals surface area contributed by atoms with E-state index in [2.05, 4.69) is 50.0 Å². The van der Waals surface area contributed by atoms with E-state index in [9.17, 15) is 4.79 Å². The number of aryl methyl sites for hydroxylation is 1. The molecule has 0 radical (unpaired) electrons. The van der Waals surface area contributed by atoms with Gasteiger partial charge in [0.15, 0.2) is 0 Å². The van der Waals surface area contributed by atoms with Gasteiger partial charge in [0, 0.05) is 35.3 Å². The first-order valence-electron chi connectivity index (χ1n) is 11.9. The third-order valence-electron chi connectivity index (χ3n) is 6.09. The third-order valence-corrected chi connectivity index (χ3v) is 6.89. The van der Waals surface area contributed by atoms with Gasteiger partial charge in [0.2, 0.25) is 0 Å². The number of halogens is 1. The van der Waals surface area contributed by atoms with Crippen LogP contribution in [0.1, 0.15) is 35.6 Å². The summed E-state index contributed by atoms with van der Waals surface area (Å²) >= 11 is 3.42. The molecular formula is C27H27BrN6O2. The summed E-state index contributed by atoms with van der Waals surface area (Å²) in [6.45, 7) is 7.95. The number of carbonyl (C=O) groups excluding carboxylic acids is 1. The molecule has 0 aliphatic carbocycles. The maximum atomic E-state index is 12.6. The zero-order valence-electron chi connectivity index (χ0n) is 20.4. The van der Waals surface area contributed by atoms with Crippen LogP contribution in [0.15, 0.2) is 59.3 Å². The first kappa shape index (κ1) is 24.3. The molecule has 5 rings (SSSR count). The smallest absolute Gasteiger partial charge is 0.253 e. The molecule has 0 aromatic carbocycles. The summed E-state index contributed by atoms with van der Waals surface area (Å²) in [5.41, 5.74) is 4.44. The van der Waals surface area contributed by atoms with Gasteiger partial charge < -0.3 is 15.0 Å². The summed E-state index contributed by atoms with van der Waals surface area (Å²) in [6, 6.07) is 13.6. The van der Waals surface area contributed by atoms with Crippen LogP contribution in [-0.4, -0.2) is 51.1 Å². The van der Waals surface area contributed by atoms with Crippen LogP contribution in [0.25, 0.3) is 22.3 Å². The molecule has 0 spiro atoms. The minimum Gasteiger partial charge on any atom is -0.372 e. The van der Waals surface area contributed by atoms with Crippen LogP contribution in [0.2, 0.25) is 0 Å².